The van der Waals surface area contributed by atoms with Crippen LogP contribution in [0.5, 0.6) is 11.5 Å². The van der Waals surface area contributed by atoms with Crippen LogP contribution < -0.4 is 14.8 Å². The van der Waals surface area contributed by atoms with Crippen molar-refractivity contribution in [2.24, 2.45) is 0 Å². The van der Waals surface area contributed by atoms with E-state index in [2.05, 4.69) is 10.2 Å². The molecule has 5 nitrogen and oxygen atoms in total. The van der Waals surface area contributed by atoms with Gasteiger partial charge < -0.3 is 14.8 Å². The number of hydrogen-bond acceptors (Lipinski definition) is 4. The lowest BCUT2D eigenvalue weighted by Crippen LogP contribution is -2.36. The van der Waals surface area contributed by atoms with Crippen LogP contribution in [0.3, 0.4) is 0 Å². The van der Waals surface area contributed by atoms with E-state index in [1.807, 2.05) is 19.1 Å². The standard InChI is InChI=1S/C17H24N2O3/c1-12-8-13-9-16(21-2)14(10-15(13)22-12)18-17(20)11-19-6-4-3-5-7-19/h9-10,12H,3-8,11H2,1-2H3,(H,18,20). The molecule has 1 atom stereocenters. The molecular weight excluding hydrogens is 280 g/mol. The molecule has 1 aromatic rings. The summed E-state index contributed by atoms with van der Waals surface area (Å²) in [4.78, 5) is 14.5. The number of fused-ring (bicyclic) bond motifs is 1. The number of nitrogens with zero attached hydrogens (tertiary/aromatic N) is 1. The van der Waals surface area contributed by atoms with E-state index in [0.717, 1.165) is 30.8 Å². The monoisotopic (exact) mass is 304 g/mol. The zero-order valence-electron chi connectivity index (χ0n) is 13.4. The summed E-state index contributed by atoms with van der Waals surface area (Å²) >= 11 is 0. The maximum Gasteiger partial charge on any atom is 0.238 e. The van der Waals surface area contributed by atoms with Gasteiger partial charge in [0.25, 0.3) is 0 Å². The highest BCUT2D eigenvalue weighted by Crippen LogP contribution is 2.37. The van der Waals surface area contributed by atoms with Gasteiger partial charge >= 0.3 is 0 Å². The maximum absolute atomic E-state index is 12.3. The van der Waals surface area contributed by atoms with Crippen molar-refractivity contribution in [1.29, 1.82) is 0 Å². The average Bonchev–Trinajstić information content (AvgIpc) is 2.86. The Bertz CT molecular complexity index is 553. The Kier molecular flexibility index (Phi) is 4.52. The lowest BCUT2D eigenvalue weighted by molar-refractivity contribution is -0.117. The zero-order valence-corrected chi connectivity index (χ0v) is 13.4. The number of nitrogens with one attached hydrogen (secondary N) is 1. The van der Waals surface area contributed by atoms with Crippen LogP contribution in [0.25, 0.3) is 0 Å². The second-order valence-electron chi connectivity index (χ2n) is 6.18. The second-order valence-corrected chi connectivity index (χ2v) is 6.18. The molecule has 5 heteroatoms. The van der Waals surface area contributed by atoms with Gasteiger partial charge in [0, 0.05) is 18.1 Å². The van der Waals surface area contributed by atoms with Gasteiger partial charge in [0.1, 0.15) is 17.6 Å². The minimum absolute atomic E-state index is 0.00574. The normalized spacial score (nSPS) is 21.1. The van der Waals surface area contributed by atoms with Gasteiger partial charge in [-0.1, -0.05) is 6.42 Å². The number of carbonyl (C=O) groups is 1. The molecule has 2 aliphatic heterocycles. The molecular formula is C17H24N2O3. The van der Waals surface area contributed by atoms with Crippen molar-refractivity contribution < 1.29 is 14.3 Å². The number of carbonyl (C=O) groups excluding carboxylic acids is 1. The number of amides is 1. The van der Waals surface area contributed by atoms with E-state index in [-0.39, 0.29) is 12.0 Å². The second kappa shape index (κ2) is 6.57. The number of piperidine rings is 1. The minimum Gasteiger partial charge on any atom is -0.495 e. The van der Waals surface area contributed by atoms with Gasteiger partial charge in [0.2, 0.25) is 5.91 Å². The summed E-state index contributed by atoms with van der Waals surface area (Å²) in [6.45, 7) is 4.50. The summed E-state index contributed by atoms with van der Waals surface area (Å²) in [7, 11) is 1.63. The third kappa shape index (κ3) is 3.35. The van der Waals surface area contributed by atoms with E-state index in [0.29, 0.717) is 18.0 Å². The fourth-order valence-electron chi connectivity index (χ4n) is 3.22. The molecule has 2 heterocycles. The Labute approximate surface area is 131 Å². The molecule has 1 fully saturated rings. The summed E-state index contributed by atoms with van der Waals surface area (Å²) in [6.07, 6.45) is 4.70. The number of rotatable bonds is 4. The number of hydrogen-bond donors (Lipinski definition) is 1. The Balaban J connectivity index is 1.68. The van der Waals surface area contributed by atoms with E-state index in [1.54, 1.807) is 7.11 Å². The highest BCUT2D eigenvalue weighted by Gasteiger charge is 2.23. The van der Waals surface area contributed by atoms with E-state index in [4.69, 9.17) is 9.47 Å². The van der Waals surface area contributed by atoms with Crippen molar-refractivity contribution in [2.75, 3.05) is 32.1 Å². The third-order valence-corrected chi connectivity index (χ3v) is 4.31. The molecule has 0 aromatic heterocycles. The van der Waals surface area contributed by atoms with Crippen molar-refractivity contribution in [1.82, 2.24) is 4.90 Å². The molecule has 0 saturated carbocycles. The van der Waals surface area contributed by atoms with Gasteiger partial charge in [-0.05, 0) is 38.9 Å². The zero-order chi connectivity index (χ0) is 15.5. The fourth-order valence-corrected chi connectivity index (χ4v) is 3.22. The molecule has 22 heavy (non-hydrogen) atoms. The summed E-state index contributed by atoms with van der Waals surface area (Å²) < 4.78 is 11.2. The molecule has 0 radical (unpaired) electrons. The molecule has 3 rings (SSSR count). The van der Waals surface area contributed by atoms with E-state index in [9.17, 15) is 4.79 Å². The van der Waals surface area contributed by atoms with Crippen LogP contribution >= 0.6 is 0 Å². The lowest BCUT2D eigenvalue weighted by atomic mass is 10.1. The predicted molar refractivity (Wildman–Crippen MR) is 85.7 cm³/mol. The molecule has 1 N–H and O–H groups in total. The van der Waals surface area contributed by atoms with Crippen LogP contribution in [0.4, 0.5) is 5.69 Å². The maximum atomic E-state index is 12.3. The number of methoxy groups -OCH3 is 1. The number of benzene rings is 1. The average molecular weight is 304 g/mol. The third-order valence-electron chi connectivity index (χ3n) is 4.31. The van der Waals surface area contributed by atoms with Gasteiger partial charge in [-0.3, -0.25) is 9.69 Å². The molecule has 1 saturated heterocycles. The Morgan fingerprint density at radius 3 is 2.86 bits per heavy atom. The van der Waals surface area contributed by atoms with Crippen molar-refractivity contribution >= 4 is 11.6 Å². The van der Waals surface area contributed by atoms with Gasteiger partial charge in [-0.15, -0.1) is 0 Å². The molecule has 0 bridgehead atoms. The molecule has 120 valence electrons. The number of likely N-dealkylation sites (tertiary alicyclic amines) is 1. The highest BCUT2D eigenvalue weighted by atomic mass is 16.5. The Hall–Kier alpha value is -1.75. The quantitative estimate of drug-likeness (QED) is 0.928. The van der Waals surface area contributed by atoms with Crippen molar-refractivity contribution in [3.63, 3.8) is 0 Å². The van der Waals surface area contributed by atoms with Crippen LogP contribution in [0.15, 0.2) is 12.1 Å². The summed E-state index contributed by atoms with van der Waals surface area (Å²) in [5.41, 5.74) is 1.83. The highest BCUT2D eigenvalue weighted by molar-refractivity contribution is 5.94. The van der Waals surface area contributed by atoms with Crippen molar-refractivity contribution in [3.05, 3.63) is 17.7 Å². The van der Waals surface area contributed by atoms with Crippen molar-refractivity contribution in [3.8, 4) is 11.5 Å². The van der Waals surface area contributed by atoms with Crippen LogP contribution in [0, 0.1) is 0 Å². The minimum atomic E-state index is 0.00574. The molecule has 1 unspecified atom stereocenters. The molecule has 1 aromatic carbocycles. The predicted octanol–water partition coefficient (Wildman–Crippen LogP) is 2.44. The van der Waals surface area contributed by atoms with E-state index < -0.39 is 0 Å². The molecule has 1 amide bonds. The summed E-state index contributed by atoms with van der Waals surface area (Å²) in [5.74, 6) is 1.55. The first-order valence-electron chi connectivity index (χ1n) is 8.05. The first-order chi connectivity index (χ1) is 10.7. The summed E-state index contributed by atoms with van der Waals surface area (Å²) in [6, 6.07) is 3.85. The van der Waals surface area contributed by atoms with Crippen LogP contribution in [-0.2, 0) is 11.2 Å². The fraction of sp³-hybridized carbons (Fsp3) is 0.588. The van der Waals surface area contributed by atoms with E-state index >= 15 is 0 Å². The van der Waals surface area contributed by atoms with Gasteiger partial charge in [0.05, 0.1) is 19.3 Å². The first kappa shape index (κ1) is 15.2. The smallest absolute Gasteiger partial charge is 0.238 e. The SMILES string of the molecule is COc1cc2c(cc1NC(=O)CN1CCCCC1)OC(C)C2. The summed E-state index contributed by atoms with van der Waals surface area (Å²) in [5, 5.41) is 2.97. The molecule has 0 aliphatic carbocycles. The van der Waals surface area contributed by atoms with Crippen LogP contribution in [0.2, 0.25) is 0 Å². The van der Waals surface area contributed by atoms with Crippen LogP contribution in [0.1, 0.15) is 31.7 Å². The van der Waals surface area contributed by atoms with E-state index in [1.165, 1.54) is 19.3 Å². The van der Waals surface area contributed by atoms with Crippen LogP contribution in [-0.4, -0.2) is 43.7 Å². The first-order valence-corrected chi connectivity index (χ1v) is 8.05. The van der Waals surface area contributed by atoms with Gasteiger partial charge in [-0.25, -0.2) is 0 Å². The number of anilines is 1. The lowest BCUT2D eigenvalue weighted by Gasteiger charge is -2.25. The Morgan fingerprint density at radius 1 is 1.36 bits per heavy atom. The Morgan fingerprint density at radius 2 is 2.14 bits per heavy atom. The largest absolute Gasteiger partial charge is 0.495 e. The molecule has 0 spiro atoms. The number of ether oxygens (including phenoxy) is 2. The van der Waals surface area contributed by atoms with Gasteiger partial charge in [0.15, 0.2) is 0 Å². The van der Waals surface area contributed by atoms with Crippen molar-refractivity contribution in [2.45, 2.75) is 38.7 Å². The molecule has 2 aliphatic rings. The topological polar surface area (TPSA) is 50.8 Å². The van der Waals surface area contributed by atoms with Gasteiger partial charge in [-0.2, -0.15) is 0 Å².